The van der Waals surface area contributed by atoms with E-state index in [1.165, 1.54) is 21.1 Å². The van der Waals surface area contributed by atoms with Gasteiger partial charge in [-0.3, -0.25) is 4.72 Å². The third-order valence-corrected chi connectivity index (χ3v) is 4.89. The summed E-state index contributed by atoms with van der Waals surface area (Å²) in [6.45, 7) is 0.918. The van der Waals surface area contributed by atoms with Crippen LogP contribution in [-0.2, 0) is 10.2 Å². The molecular weight excluding hydrogens is 295 g/mol. The van der Waals surface area contributed by atoms with Crippen molar-refractivity contribution >= 4 is 15.9 Å². The van der Waals surface area contributed by atoms with Gasteiger partial charge in [-0.15, -0.1) is 0 Å². The molecular formula is C13H15FN4O2S. The monoisotopic (exact) mass is 310 g/mol. The Kier molecular flexibility index (Phi) is 3.64. The second-order valence-electron chi connectivity index (χ2n) is 4.80. The van der Waals surface area contributed by atoms with Crippen molar-refractivity contribution in [2.45, 2.75) is 12.8 Å². The number of anilines is 1. The fourth-order valence-corrected chi connectivity index (χ4v) is 3.67. The van der Waals surface area contributed by atoms with Crippen LogP contribution in [-0.4, -0.2) is 35.6 Å². The van der Waals surface area contributed by atoms with Crippen LogP contribution >= 0.6 is 0 Å². The lowest BCUT2D eigenvalue weighted by Gasteiger charge is -2.19. The summed E-state index contributed by atoms with van der Waals surface area (Å²) in [7, 11) is -3.75. The van der Waals surface area contributed by atoms with Gasteiger partial charge in [0.15, 0.2) is 0 Å². The van der Waals surface area contributed by atoms with Gasteiger partial charge in [0.1, 0.15) is 11.5 Å². The zero-order valence-electron chi connectivity index (χ0n) is 11.2. The highest BCUT2D eigenvalue weighted by atomic mass is 32.2. The molecule has 1 aliphatic heterocycles. The summed E-state index contributed by atoms with van der Waals surface area (Å²) in [5.74, 6) is -0.634. The van der Waals surface area contributed by atoms with Gasteiger partial charge < -0.3 is 0 Å². The molecule has 0 bridgehead atoms. The molecule has 1 N–H and O–H groups in total. The van der Waals surface area contributed by atoms with Crippen LogP contribution in [0, 0.1) is 5.82 Å². The van der Waals surface area contributed by atoms with E-state index >= 15 is 0 Å². The maximum atomic E-state index is 14.1. The van der Waals surface area contributed by atoms with E-state index in [1.807, 2.05) is 0 Å². The molecule has 3 rings (SSSR count). The van der Waals surface area contributed by atoms with Crippen molar-refractivity contribution in [3.05, 3.63) is 42.5 Å². The summed E-state index contributed by atoms with van der Waals surface area (Å²) in [5, 5.41) is 4.02. The summed E-state index contributed by atoms with van der Waals surface area (Å²) in [5.41, 5.74) is 0.260. The van der Waals surface area contributed by atoms with E-state index in [2.05, 4.69) is 9.82 Å². The number of hydrogen-bond donors (Lipinski definition) is 1. The van der Waals surface area contributed by atoms with E-state index in [-0.39, 0.29) is 5.69 Å². The van der Waals surface area contributed by atoms with Crippen LogP contribution in [0.2, 0.25) is 0 Å². The quantitative estimate of drug-likeness (QED) is 0.936. The average Bonchev–Trinajstić information content (AvgIpc) is 3.14. The van der Waals surface area contributed by atoms with E-state index in [0.717, 1.165) is 12.8 Å². The summed E-state index contributed by atoms with van der Waals surface area (Å²) >= 11 is 0. The molecule has 112 valence electrons. The Morgan fingerprint density at radius 3 is 2.62 bits per heavy atom. The molecule has 21 heavy (non-hydrogen) atoms. The second kappa shape index (κ2) is 5.45. The first-order valence-electron chi connectivity index (χ1n) is 6.64. The van der Waals surface area contributed by atoms with Crippen LogP contribution in [0.15, 0.2) is 36.7 Å². The average molecular weight is 310 g/mol. The summed E-state index contributed by atoms with van der Waals surface area (Å²) < 4.78 is 43.8. The number of halogens is 1. The molecule has 0 unspecified atom stereocenters. The molecule has 8 heteroatoms. The van der Waals surface area contributed by atoms with Crippen molar-refractivity contribution < 1.29 is 12.8 Å². The number of rotatable bonds is 4. The molecule has 6 nitrogen and oxygen atoms in total. The van der Waals surface area contributed by atoms with Crippen molar-refractivity contribution in [1.29, 1.82) is 0 Å². The van der Waals surface area contributed by atoms with Crippen LogP contribution in [0.25, 0.3) is 5.69 Å². The molecule has 1 fully saturated rings. The maximum absolute atomic E-state index is 14.1. The molecule has 2 heterocycles. The minimum absolute atomic E-state index is 0.0897. The summed E-state index contributed by atoms with van der Waals surface area (Å²) in [6.07, 6.45) is 4.82. The number of para-hydroxylation sites is 1. The van der Waals surface area contributed by atoms with E-state index in [1.54, 1.807) is 24.5 Å². The second-order valence-corrected chi connectivity index (χ2v) is 6.47. The van der Waals surface area contributed by atoms with Gasteiger partial charge in [0.25, 0.3) is 0 Å². The highest BCUT2D eigenvalue weighted by molar-refractivity contribution is 7.90. The fraction of sp³-hybridized carbons (Fsp3) is 0.308. The minimum atomic E-state index is -3.75. The highest BCUT2D eigenvalue weighted by Crippen LogP contribution is 2.26. The molecule has 1 aromatic heterocycles. The molecule has 1 aromatic carbocycles. The van der Waals surface area contributed by atoms with E-state index in [0.29, 0.717) is 18.8 Å². The smallest absolute Gasteiger partial charge is 0.266 e. The van der Waals surface area contributed by atoms with Crippen LogP contribution in [0.5, 0.6) is 0 Å². The van der Waals surface area contributed by atoms with Crippen molar-refractivity contribution in [2.24, 2.45) is 0 Å². The molecule has 1 aliphatic rings. The molecule has 0 amide bonds. The van der Waals surface area contributed by atoms with Gasteiger partial charge in [-0.05, 0) is 31.0 Å². The van der Waals surface area contributed by atoms with E-state index < -0.39 is 16.0 Å². The molecule has 1 saturated heterocycles. The van der Waals surface area contributed by atoms with Gasteiger partial charge in [-0.1, -0.05) is 6.07 Å². The Labute approximate surface area is 122 Å². The lowest BCUT2D eigenvalue weighted by atomic mass is 10.2. The van der Waals surface area contributed by atoms with E-state index in [4.69, 9.17) is 0 Å². The largest absolute Gasteiger partial charge is 0.301 e. The molecule has 0 saturated carbocycles. The number of hydrogen-bond acceptors (Lipinski definition) is 3. The van der Waals surface area contributed by atoms with Crippen molar-refractivity contribution in [2.75, 3.05) is 17.8 Å². The lowest BCUT2D eigenvalue weighted by Crippen LogP contribution is -2.34. The first kappa shape index (κ1) is 14.0. The van der Waals surface area contributed by atoms with Crippen molar-refractivity contribution in [3.63, 3.8) is 0 Å². The molecule has 2 aromatic rings. The molecule has 0 spiro atoms. The maximum Gasteiger partial charge on any atom is 0.301 e. The number of aromatic nitrogens is 2. The Morgan fingerprint density at radius 2 is 1.95 bits per heavy atom. The predicted octanol–water partition coefficient (Wildman–Crippen LogP) is 1.76. The van der Waals surface area contributed by atoms with Crippen LogP contribution in [0.4, 0.5) is 10.1 Å². The zero-order valence-corrected chi connectivity index (χ0v) is 12.1. The Bertz CT molecular complexity index is 725. The van der Waals surface area contributed by atoms with Crippen molar-refractivity contribution in [3.8, 4) is 5.69 Å². The standard InChI is InChI=1S/C13H15FN4O2S/c14-11-5-3-6-12(18-10-4-7-15-18)13(11)16-21(19,20)17-8-1-2-9-17/h3-7,10,16H,1-2,8-9H2. The number of nitrogens with one attached hydrogen (secondary N) is 1. The Hall–Kier alpha value is -1.93. The van der Waals surface area contributed by atoms with Gasteiger partial charge in [0.05, 0.1) is 5.69 Å². The lowest BCUT2D eigenvalue weighted by molar-refractivity contribution is 0.482. The van der Waals surface area contributed by atoms with Gasteiger partial charge in [0, 0.05) is 25.5 Å². The summed E-state index contributed by atoms with van der Waals surface area (Å²) in [4.78, 5) is 0. The summed E-state index contributed by atoms with van der Waals surface area (Å²) in [6, 6.07) is 6.02. The molecule has 0 aliphatic carbocycles. The Balaban J connectivity index is 1.99. The molecule has 0 atom stereocenters. The SMILES string of the molecule is O=S(=O)(Nc1c(F)cccc1-n1cccn1)N1CCCC1. The third kappa shape index (κ3) is 2.77. The predicted molar refractivity (Wildman–Crippen MR) is 76.9 cm³/mol. The normalized spacial score (nSPS) is 16.2. The van der Waals surface area contributed by atoms with Crippen LogP contribution in [0.1, 0.15) is 12.8 Å². The fourth-order valence-electron chi connectivity index (χ4n) is 2.34. The first-order chi connectivity index (χ1) is 10.1. The van der Waals surface area contributed by atoms with Crippen LogP contribution in [0.3, 0.4) is 0 Å². The third-order valence-electron chi connectivity index (χ3n) is 3.38. The van der Waals surface area contributed by atoms with Gasteiger partial charge in [-0.25, -0.2) is 9.07 Å². The number of benzene rings is 1. The topological polar surface area (TPSA) is 67.2 Å². The van der Waals surface area contributed by atoms with Gasteiger partial charge in [0.2, 0.25) is 0 Å². The molecule has 0 radical (unpaired) electrons. The minimum Gasteiger partial charge on any atom is -0.266 e. The van der Waals surface area contributed by atoms with Gasteiger partial charge >= 0.3 is 10.2 Å². The Morgan fingerprint density at radius 1 is 1.19 bits per heavy atom. The van der Waals surface area contributed by atoms with E-state index in [9.17, 15) is 12.8 Å². The zero-order chi connectivity index (χ0) is 14.9. The van der Waals surface area contributed by atoms with Crippen molar-refractivity contribution in [1.82, 2.24) is 14.1 Å². The van der Waals surface area contributed by atoms with Gasteiger partial charge in [-0.2, -0.15) is 17.8 Å². The first-order valence-corrected chi connectivity index (χ1v) is 8.08. The van der Waals surface area contributed by atoms with Crippen LogP contribution < -0.4 is 4.72 Å². The highest BCUT2D eigenvalue weighted by Gasteiger charge is 2.27. The number of nitrogens with zero attached hydrogens (tertiary/aromatic N) is 3.